The molecule has 1 saturated carbocycles. The van der Waals surface area contributed by atoms with Crippen molar-refractivity contribution in [2.75, 3.05) is 7.05 Å². The molecule has 96 valence electrons. The van der Waals surface area contributed by atoms with Crippen LogP contribution in [0.5, 0.6) is 5.88 Å². The van der Waals surface area contributed by atoms with E-state index in [1.807, 2.05) is 35.8 Å². The number of nitrogens with one attached hydrogen (secondary N) is 1. The Labute approximate surface area is 107 Å². The highest BCUT2D eigenvalue weighted by Gasteiger charge is 2.25. The molecule has 1 fully saturated rings. The maximum atomic E-state index is 6.19. The quantitative estimate of drug-likeness (QED) is 0.901. The first-order chi connectivity index (χ1) is 8.88. The van der Waals surface area contributed by atoms with E-state index in [2.05, 4.69) is 10.3 Å². The average Bonchev–Trinajstić information content (AvgIpc) is 2.89. The van der Waals surface area contributed by atoms with Gasteiger partial charge in [-0.2, -0.15) is 0 Å². The van der Waals surface area contributed by atoms with Crippen LogP contribution in [0.15, 0.2) is 30.6 Å². The standard InChI is InChI=1S/C14H19N3O/c1-15-11-5-2-3-6-12(11)18-14-8-4-7-13-16-9-10-17(13)14/h4,7-12,15H,2-3,5-6H2,1H3. The lowest BCUT2D eigenvalue weighted by Crippen LogP contribution is -2.43. The second kappa shape index (κ2) is 4.98. The highest BCUT2D eigenvalue weighted by molar-refractivity contribution is 5.41. The van der Waals surface area contributed by atoms with E-state index in [9.17, 15) is 0 Å². The zero-order chi connectivity index (χ0) is 12.4. The Morgan fingerprint density at radius 3 is 3.11 bits per heavy atom. The van der Waals surface area contributed by atoms with Crippen LogP contribution in [0.25, 0.3) is 5.65 Å². The van der Waals surface area contributed by atoms with Gasteiger partial charge < -0.3 is 10.1 Å². The summed E-state index contributed by atoms with van der Waals surface area (Å²) in [6, 6.07) is 6.45. The molecule has 2 heterocycles. The molecule has 18 heavy (non-hydrogen) atoms. The first kappa shape index (κ1) is 11.5. The fourth-order valence-corrected chi connectivity index (χ4v) is 2.74. The summed E-state index contributed by atoms with van der Waals surface area (Å²) >= 11 is 0. The Hall–Kier alpha value is -1.55. The minimum absolute atomic E-state index is 0.261. The van der Waals surface area contributed by atoms with Crippen molar-refractivity contribution in [1.29, 1.82) is 0 Å². The largest absolute Gasteiger partial charge is 0.474 e. The van der Waals surface area contributed by atoms with Gasteiger partial charge in [-0.1, -0.05) is 12.5 Å². The molecule has 2 aromatic heterocycles. The molecule has 0 aliphatic heterocycles. The molecule has 3 rings (SSSR count). The molecule has 0 amide bonds. The topological polar surface area (TPSA) is 38.6 Å². The van der Waals surface area contributed by atoms with Gasteiger partial charge in [0, 0.05) is 18.4 Å². The zero-order valence-electron chi connectivity index (χ0n) is 10.7. The van der Waals surface area contributed by atoms with E-state index in [1.54, 1.807) is 6.20 Å². The SMILES string of the molecule is CNC1CCCCC1Oc1cccc2nccn12. The predicted molar refractivity (Wildman–Crippen MR) is 70.9 cm³/mol. The molecule has 2 atom stereocenters. The minimum Gasteiger partial charge on any atom is -0.474 e. The van der Waals surface area contributed by atoms with Crippen molar-refractivity contribution < 1.29 is 4.74 Å². The highest BCUT2D eigenvalue weighted by Crippen LogP contribution is 2.24. The predicted octanol–water partition coefficient (Wildman–Crippen LogP) is 2.24. The number of aromatic nitrogens is 2. The average molecular weight is 245 g/mol. The Morgan fingerprint density at radius 1 is 1.33 bits per heavy atom. The van der Waals surface area contributed by atoms with Crippen LogP contribution in [0, 0.1) is 0 Å². The lowest BCUT2D eigenvalue weighted by molar-refractivity contribution is 0.111. The van der Waals surface area contributed by atoms with E-state index in [0.29, 0.717) is 6.04 Å². The summed E-state index contributed by atoms with van der Waals surface area (Å²) in [5, 5.41) is 3.37. The van der Waals surface area contributed by atoms with Crippen LogP contribution >= 0.6 is 0 Å². The fraction of sp³-hybridized carbons (Fsp3) is 0.500. The first-order valence-electron chi connectivity index (χ1n) is 6.64. The second-order valence-corrected chi connectivity index (χ2v) is 4.86. The van der Waals surface area contributed by atoms with Crippen molar-refractivity contribution in [1.82, 2.24) is 14.7 Å². The van der Waals surface area contributed by atoms with Crippen molar-refractivity contribution >= 4 is 5.65 Å². The van der Waals surface area contributed by atoms with E-state index >= 15 is 0 Å². The molecule has 0 saturated heterocycles. The number of rotatable bonds is 3. The third kappa shape index (κ3) is 2.08. The normalized spacial score (nSPS) is 24.3. The molecule has 1 N–H and O–H groups in total. The second-order valence-electron chi connectivity index (χ2n) is 4.86. The van der Waals surface area contributed by atoms with Crippen LogP contribution in [0.1, 0.15) is 25.7 Å². The van der Waals surface area contributed by atoms with Crippen LogP contribution in [0.2, 0.25) is 0 Å². The van der Waals surface area contributed by atoms with Crippen molar-refractivity contribution in [3.8, 4) is 5.88 Å². The van der Waals surface area contributed by atoms with Crippen molar-refractivity contribution in [2.24, 2.45) is 0 Å². The van der Waals surface area contributed by atoms with Crippen LogP contribution < -0.4 is 10.1 Å². The third-order valence-corrected chi connectivity index (χ3v) is 3.74. The van der Waals surface area contributed by atoms with Gasteiger partial charge >= 0.3 is 0 Å². The fourth-order valence-electron chi connectivity index (χ4n) is 2.74. The van der Waals surface area contributed by atoms with Gasteiger partial charge in [-0.25, -0.2) is 4.98 Å². The van der Waals surface area contributed by atoms with Crippen LogP contribution in [-0.2, 0) is 0 Å². The molecule has 0 bridgehead atoms. The summed E-state index contributed by atoms with van der Waals surface area (Å²) in [5.41, 5.74) is 0.935. The molecule has 1 aliphatic rings. The van der Waals surface area contributed by atoms with Gasteiger partial charge in [0.25, 0.3) is 0 Å². The van der Waals surface area contributed by atoms with Gasteiger partial charge in [0.15, 0.2) is 5.88 Å². The van der Waals surface area contributed by atoms with Gasteiger partial charge in [0.2, 0.25) is 0 Å². The van der Waals surface area contributed by atoms with Crippen molar-refractivity contribution in [3.05, 3.63) is 30.6 Å². The Morgan fingerprint density at radius 2 is 2.22 bits per heavy atom. The number of ether oxygens (including phenoxy) is 1. The summed E-state index contributed by atoms with van der Waals surface area (Å²) in [6.45, 7) is 0. The summed E-state index contributed by atoms with van der Waals surface area (Å²) in [4.78, 5) is 4.28. The van der Waals surface area contributed by atoms with Crippen LogP contribution in [-0.4, -0.2) is 28.6 Å². The van der Waals surface area contributed by atoms with E-state index < -0.39 is 0 Å². The maximum absolute atomic E-state index is 6.19. The van der Waals surface area contributed by atoms with Gasteiger partial charge in [-0.15, -0.1) is 0 Å². The Kier molecular flexibility index (Phi) is 3.19. The van der Waals surface area contributed by atoms with E-state index in [1.165, 1.54) is 19.3 Å². The lowest BCUT2D eigenvalue weighted by Gasteiger charge is -2.31. The number of imidazole rings is 1. The molecule has 4 heteroatoms. The molecular weight excluding hydrogens is 226 g/mol. The van der Waals surface area contributed by atoms with Crippen LogP contribution in [0.4, 0.5) is 0 Å². The van der Waals surface area contributed by atoms with Gasteiger partial charge in [0.1, 0.15) is 11.8 Å². The number of fused-ring (bicyclic) bond motifs is 1. The van der Waals surface area contributed by atoms with E-state index in [0.717, 1.165) is 17.9 Å². The molecule has 2 unspecified atom stereocenters. The molecule has 0 radical (unpaired) electrons. The zero-order valence-corrected chi connectivity index (χ0v) is 10.7. The van der Waals surface area contributed by atoms with Crippen molar-refractivity contribution in [2.45, 2.75) is 37.8 Å². The lowest BCUT2D eigenvalue weighted by atomic mass is 9.92. The Balaban J connectivity index is 1.84. The minimum atomic E-state index is 0.261. The number of hydrogen-bond acceptors (Lipinski definition) is 3. The number of hydrogen-bond donors (Lipinski definition) is 1. The molecule has 1 aliphatic carbocycles. The van der Waals surface area contributed by atoms with Crippen molar-refractivity contribution in [3.63, 3.8) is 0 Å². The molecular formula is C14H19N3O. The molecule has 0 spiro atoms. The number of likely N-dealkylation sites (N-methyl/N-ethyl adjacent to an activating group) is 1. The maximum Gasteiger partial charge on any atom is 0.199 e. The summed E-state index contributed by atoms with van der Waals surface area (Å²) in [5.74, 6) is 0.886. The molecule has 2 aromatic rings. The Bertz CT molecular complexity index is 522. The molecule has 0 aromatic carbocycles. The van der Waals surface area contributed by atoms with Gasteiger partial charge in [0.05, 0.1) is 0 Å². The molecule has 4 nitrogen and oxygen atoms in total. The van der Waals surface area contributed by atoms with Crippen LogP contribution in [0.3, 0.4) is 0 Å². The van der Waals surface area contributed by atoms with E-state index in [-0.39, 0.29) is 6.10 Å². The highest BCUT2D eigenvalue weighted by atomic mass is 16.5. The van der Waals surface area contributed by atoms with E-state index in [4.69, 9.17) is 4.74 Å². The number of nitrogens with zero attached hydrogens (tertiary/aromatic N) is 2. The smallest absolute Gasteiger partial charge is 0.199 e. The van der Waals surface area contributed by atoms with Gasteiger partial charge in [-0.3, -0.25) is 4.40 Å². The third-order valence-electron chi connectivity index (χ3n) is 3.74. The first-order valence-corrected chi connectivity index (χ1v) is 6.64. The summed E-state index contributed by atoms with van der Waals surface area (Å²) in [6.07, 6.45) is 8.87. The number of pyridine rings is 1. The van der Waals surface area contributed by atoms with Gasteiger partial charge in [-0.05, 0) is 38.4 Å². The summed E-state index contributed by atoms with van der Waals surface area (Å²) in [7, 11) is 2.02. The summed E-state index contributed by atoms with van der Waals surface area (Å²) < 4.78 is 8.19. The monoisotopic (exact) mass is 245 g/mol.